The average Bonchev–Trinajstić information content (AvgIpc) is 2.55. The molecule has 1 N–H and O–H groups in total. The van der Waals surface area contributed by atoms with Gasteiger partial charge in [0.1, 0.15) is 23.9 Å². The summed E-state index contributed by atoms with van der Waals surface area (Å²) in [5.41, 5.74) is 4.82. The van der Waals surface area contributed by atoms with Gasteiger partial charge in [-0.25, -0.2) is 9.37 Å². The van der Waals surface area contributed by atoms with Crippen molar-refractivity contribution in [1.82, 2.24) is 4.98 Å². The first-order valence-corrected chi connectivity index (χ1v) is 8.45. The smallest absolute Gasteiger partial charge is 0.146 e. The van der Waals surface area contributed by atoms with Crippen LogP contribution in [0.25, 0.3) is 16.7 Å². The summed E-state index contributed by atoms with van der Waals surface area (Å²) < 4.78 is 20.0. The molecule has 1 aromatic carbocycles. The monoisotopic (exact) mass is 341 g/mol. The second-order valence-corrected chi connectivity index (χ2v) is 7.25. The molecule has 3 rings (SSSR count). The van der Waals surface area contributed by atoms with Crippen molar-refractivity contribution in [3.8, 4) is 0 Å². The zero-order chi connectivity index (χ0) is 18.5. The molecule has 0 saturated carbocycles. The molecule has 3 nitrogen and oxygen atoms in total. The third kappa shape index (κ3) is 2.95. The minimum atomic E-state index is -0.950. The minimum absolute atomic E-state index is 0.248. The highest BCUT2D eigenvalue weighted by Gasteiger charge is 2.24. The maximum absolute atomic E-state index is 14.2. The second-order valence-electron chi connectivity index (χ2n) is 7.25. The number of aryl methyl sites for hydroxylation is 2. The Kier molecular flexibility index (Phi) is 4.20. The van der Waals surface area contributed by atoms with Crippen LogP contribution in [-0.2, 0) is 4.74 Å². The standard InChI is InChI=1S/C21H24FNO2/c1-11-12(2)19-13(3)14(4)20(23-17(19)10-16(11)22)18-9-15(7-8-25-18)21(5,6)24/h7,9-10,24H,8H2,1-6H3. The zero-order valence-electron chi connectivity index (χ0n) is 15.6. The van der Waals surface area contributed by atoms with E-state index in [4.69, 9.17) is 9.72 Å². The summed E-state index contributed by atoms with van der Waals surface area (Å²) in [5.74, 6) is 0.364. The predicted molar refractivity (Wildman–Crippen MR) is 99.0 cm³/mol. The van der Waals surface area contributed by atoms with E-state index in [1.54, 1.807) is 20.8 Å². The summed E-state index contributed by atoms with van der Waals surface area (Å²) in [5, 5.41) is 11.3. The Labute approximate surface area is 147 Å². The predicted octanol–water partition coefficient (Wildman–Crippen LogP) is 4.68. The SMILES string of the molecule is Cc1c(F)cc2nc(C3=CC(C(C)(C)O)=CCO3)c(C)c(C)c2c1C. The van der Waals surface area contributed by atoms with E-state index in [9.17, 15) is 9.50 Å². The van der Waals surface area contributed by atoms with Crippen molar-refractivity contribution < 1.29 is 14.2 Å². The molecule has 0 aliphatic carbocycles. The molecule has 1 aliphatic heterocycles. The molecule has 4 heteroatoms. The minimum Gasteiger partial charge on any atom is -0.487 e. The fourth-order valence-corrected chi connectivity index (χ4v) is 3.26. The number of pyridine rings is 1. The van der Waals surface area contributed by atoms with E-state index < -0.39 is 5.60 Å². The van der Waals surface area contributed by atoms with Gasteiger partial charge in [-0.1, -0.05) is 0 Å². The Morgan fingerprint density at radius 3 is 2.36 bits per heavy atom. The molecule has 0 bridgehead atoms. The fraction of sp³-hybridized carbons (Fsp3) is 0.381. The molecule has 0 atom stereocenters. The Bertz CT molecular complexity index is 934. The van der Waals surface area contributed by atoms with E-state index in [0.717, 1.165) is 27.6 Å². The molecule has 0 fully saturated rings. The van der Waals surface area contributed by atoms with Gasteiger partial charge in [0.15, 0.2) is 0 Å². The molecule has 25 heavy (non-hydrogen) atoms. The van der Waals surface area contributed by atoms with Crippen LogP contribution in [0.1, 0.15) is 41.8 Å². The van der Waals surface area contributed by atoms with Crippen molar-refractivity contribution in [2.75, 3.05) is 6.61 Å². The molecule has 0 spiro atoms. The Balaban J connectivity index is 2.25. The zero-order valence-corrected chi connectivity index (χ0v) is 15.6. The van der Waals surface area contributed by atoms with Gasteiger partial charge < -0.3 is 9.84 Å². The number of benzene rings is 1. The van der Waals surface area contributed by atoms with Crippen molar-refractivity contribution >= 4 is 16.7 Å². The summed E-state index contributed by atoms with van der Waals surface area (Å²) >= 11 is 0. The third-order valence-electron chi connectivity index (χ3n) is 5.11. The first-order chi connectivity index (χ1) is 11.6. The molecule has 132 valence electrons. The molecule has 0 saturated heterocycles. The molecule has 2 heterocycles. The van der Waals surface area contributed by atoms with Gasteiger partial charge in [0.2, 0.25) is 0 Å². The maximum atomic E-state index is 14.2. The van der Waals surface area contributed by atoms with Crippen LogP contribution in [0.15, 0.2) is 23.8 Å². The molecule has 0 radical (unpaired) electrons. The number of aromatic nitrogens is 1. The van der Waals surface area contributed by atoms with Crippen LogP contribution >= 0.6 is 0 Å². The average molecular weight is 341 g/mol. The van der Waals surface area contributed by atoms with Crippen molar-refractivity contribution in [2.24, 2.45) is 0 Å². The van der Waals surface area contributed by atoms with Crippen molar-refractivity contribution in [2.45, 2.75) is 47.1 Å². The topological polar surface area (TPSA) is 42.4 Å². The number of fused-ring (bicyclic) bond motifs is 1. The lowest BCUT2D eigenvalue weighted by Gasteiger charge is -2.25. The normalized spacial score (nSPS) is 15.0. The first-order valence-electron chi connectivity index (χ1n) is 8.45. The van der Waals surface area contributed by atoms with Crippen molar-refractivity contribution in [1.29, 1.82) is 0 Å². The van der Waals surface area contributed by atoms with Gasteiger partial charge in [-0.3, -0.25) is 0 Å². The lowest BCUT2D eigenvalue weighted by molar-refractivity contribution is 0.121. The fourth-order valence-electron chi connectivity index (χ4n) is 3.26. The highest BCUT2D eigenvalue weighted by Crippen LogP contribution is 2.34. The van der Waals surface area contributed by atoms with Gasteiger partial charge in [-0.2, -0.15) is 0 Å². The van der Waals surface area contributed by atoms with Crippen LogP contribution in [0.5, 0.6) is 0 Å². The van der Waals surface area contributed by atoms with E-state index in [1.807, 2.05) is 32.9 Å². The number of aliphatic hydroxyl groups is 1. The third-order valence-corrected chi connectivity index (χ3v) is 5.11. The van der Waals surface area contributed by atoms with Crippen molar-refractivity contribution in [3.63, 3.8) is 0 Å². The van der Waals surface area contributed by atoms with Gasteiger partial charge in [-0.05, 0) is 81.5 Å². The number of ether oxygens (including phenoxy) is 1. The van der Waals surface area contributed by atoms with Crippen LogP contribution in [0.4, 0.5) is 4.39 Å². The molecule has 1 aromatic heterocycles. The van der Waals surface area contributed by atoms with Crippen molar-refractivity contribution in [3.05, 3.63) is 57.6 Å². The highest BCUT2D eigenvalue weighted by molar-refractivity contribution is 5.89. The lowest BCUT2D eigenvalue weighted by Crippen LogP contribution is -2.23. The molecular weight excluding hydrogens is 317 g/mol. The summed E-state index contributed by atoms with van der Waals surface area (Å²) in [6.45, 7) is 11.6. The van der Waals surface area contributed by atoms with Crippen LogP contribution in [0.3, 0.4) is 0 Å². The number of nitrogens with zero attached hydrogens (tertiary/aromatic N) is 1. The largest absolute Gasteiger partial charge is 0.487 e. The van der Waals surface area contributed by atoms with Crippen LogP contribution in [-0.4, -0.2) is 22.3 Å². The van der Waals surface area contributed by atoms with Gasteiger partial charge in [0, 0.05) is 11.5 Å². The van der Waals surface area contributed by atoms with Gasteiger partial charge >= 0.3 is 0 Å². The van der Waals surface area contributed by atoms with Gasteiger partial charge in [-0.15, -0.1) is 0 Å². The number of rotatable bonds is 2. The second kappa shape index (κ2) is 5.95. The van der Waals surface area contributed by atoms with Crippen LogP contribution in [0.2, 0.25) is 0 Å². The van der Waals surface area contributed by atoms with E-state index >= 15 is 0 Å². The summed E-state index contributed by atoms with van der Waals surface area (Å²) in [6.07, 6.45) is 3.68. The summed E-state index contributed by atoms with van der Waals surface area (Å²) in [7, 11) is 0. The molecule has 0 unspecified atom stereocenters. The van der Waals surface area contributed by atoms with Gasteiger partial charge in [0.05, 0.1) is 11.1 Å². The van der Waals surface area contributed by atoms with E-state index in [0.29, 0.717) is 29.1 Å². The molecular formula is C21H24FNO2. The maximum Gasteiger partial charge on any atom is 0.146 e. The first kappa shape index (κ1) is 17.6. The van der Waals surface area contributed by atoms with Crippen LogP contribution in [0, 0.1) is 33.5 Å². The van der Waals surface area contributed by atoms with E-state index in [-0.39, 0.29) is 5.82 Å². The molecule has 2 aromatic rings. The molecule has 1 aliphatic rings. The van der Waals surface area contributed by atoms with Crippen LogP contribution < -0.4 is 0 Å². The Morgan fingerprint density at radius 1 is 1.08 bits per heavy atom. The Morgan fingerprint density at radius 2 is 1.72 bits per heavy atom. The quantitative estimate of drug-likeness (QED) is 0.863. The Hall–Kier alpha value is -2.20. The van der Waals surface area contributed by atoms with Gasteiger partial charge in [0.25, 0.3) is 0 Å². The number of hydrogen-bond acceptors (Lipinski definition) is 3. The van der Waals surface area contributed by atoms with E-state index in [1.165, 1.54) is 6.07 Å². The number of hydrogen-bond donors (Lipinski definition) is 1. The summed E-state index contributed by atoms with van der Waals surface area (Å²) in [4.78, 5) is 4.70. The lowest BCUT2D eigenvalue weighted by atomic mass is 9.93. The number of halogens is 1. The van der Waals surface area contributed by atoms with E-state index in [2.05, 4.69) is 0 Å². The molecule has 0 amide bonds. The highest BCUT2D eigenvalue weighted by atomic mass is 19.1. The summed E-state index contributed by atoms with van der Waals surface area (Å²) in [6, 6.07) is 1.49.